The third kappa shape index (κ3) is 8.09. The maximum atomic E-state index is 13.5. The summed E-state index contributed by atoms with van der Waals surface area (Å²) < 4.78 is 12.0. The van der Waals surface area contributed by atoms with Gasteiger partial charge in [-0.1, -0.05) is 60.7 Å². The Hall–Kier alpha value is -4.47. The van der Waals surface area contributed by atoms with Crippen LogP contribution in [0.1, 0.15) is 34.0 Å². The molecule has 0 spiro atoms. The van der Waals surface area contributed by atoms with Crippen LogP contribution in [-0.2, 0) is 6.54 Å². The molecule has 2 N–H and O–H groups in total. The Morgan fingerprint density at radius 3 is 2.26 bits per heavy atom. The van der Waals surface area contributed by atoms with Crippen LogP contribution in [0.4, 0.5) is 11.6 Å². The second-order valence-corrected chi connectivity index (χ2v) is 10.6. The van der Waals surface area contributed by atoms with Crippen LogP contribution in [0.2, 0.25) is 0 Å². The van der Waals surface area contributed by atoms with Gasteiger partial charge >= 0.3 is 0 Å². The number of rotatable bonds is 12. The zero-order chi connectivity index (χ0) is 30.0. The molecule has 4 aromatic rings. The molecule has 1 amide bonds. The Balaban J connectivity index is 1.25. The highest BCUT2D eigenvalue weighted by Gasteiger charge is 2.21. The Bertz CT molecular complexity index is 1490. The molecule has 5 rings (SSSR count). The molecule has 9 heteroatoms. The smallest absolute Gasteiger partial charge is 0.262 e. The molecule has 0 bridgehead atoms. The SMILES string of the molecule is CCOc1ccccc1Oc1nc(NCCN2CCN(Cc3ccccc3)CC2)ncc1C(=O)Nc1c(C)cccc1C. The molecule has 0 aliphatic carbocycles. The van der Waals surface area contributed by atoms with Crippen LogP contribution in [0, 0.1) is 13.8 Å². The molecule has 224 valence electrons. The summed E-state index contributed by atoms with van der Waals surface area (Å²) in [6.45, 7) is 12.9. The number of hydrogen-bond donors (Lipinski definition) is 2. The lowest BCUT2D eigenvalue weighted by Gasteiger charge is -2.34. The first-order valence-electron chi connectivity index (χ1n) is 14.9. The third-order valence-electron chi connectivity index (χ3n) is 7.50. The Kier molecular flexibility index (Phi) is 10.2. The van der Waals surface area contributed by atoms with Crippen LogP contribution in [0.15, 0.2) is 79.0 Å². The van der Waals surface area contributed by atoms with Gasteiger partial charge in [-0.3, -0.25) is 14.6 Å². The zero-order valence-electron chi connectivity index (χ0n) is 25.2. The minimum Gasteiger partial charge on any atom is -0.490 e. The first kappa shape index (κ1) is 30.0. The van der Waals surface area contributed by atoms with Crippen molar-refractivity contribution in [1.29, 1.82) is 0 Å². The number of benzene rings is 3. The van der Waals surface area contributed by atoms with Crippen molar-refractivity contribution in [2.45, 2.75) is 27.3 Å². The average Bonchev–Trinajstić information content (AvgIpc) is 3.02. The second-order valence-electron chi connectivity index (χ2n) is 10.6. The van der Waals surface area contributed by atoms with Gasteiger partial charge in [0.15, 0.2) is 11.5 Å². The van der Waals surface area contributed by atoms with Crippen molar-refractivity contribution < 1.29 is 14.3 Å². The van der Waals surface area contributed by atoms with E-state index in [4.69, 9.17) is 9.47 Å². The number of carbonyl (C=O) groups excluding carboxylic acids is 1. The van der Waals surface area contributed by atoms with Crippen molar-refractivity contribution >= 4 is 17.5 Å². The number of amides is 1. The molecule has 1 aliphatic rings. The minimum absolute atomic E-state index is 0.155. The van der Waals surface area contributed by atoms with E-state index in [1.807, 2.05) is 57.2 Å². The van der Waals surface area contributed by atoms with Gasteiger partial charge in [0.25, 0.3) is 5.91 Å². The fraction of sp³-hybridized carbons (Fsp3) is 0.324. The van der Waals surface area contributed by atoms with Crippen LogP contribution in [0.25, 0.3) is 0 Å². The molecule has 0 atom stereocenters. The maximum Gasteiger partial charge on any atom is 0.262 e. The largest absolute Gasteiger partial charge is 0.490 e. The van der Waals surface area contributed by atoms with Crippen molar-refractivity contribution in [3.63, 3.8) is 0 Å². The molecule has 43 heavy (non-hydrogen) atoms. The highest BCUT2D eigenvalue weighted by molar-refractivity contribution is 6.06. The van der Waals surface area contributed by atoms with Gasteiger partial charge in [-0.05, 0) is 49.6 Å². The summed E-state index contributed by atoms with van der Waals surface area (Å²) in [6, 6.07) is 23.9. The monoisotopic (exact) mass is 580 g/mol. The van der Waals surface area contributed by atoms with Gasteiger partial charge in [0.2, 0.25) is 11.8 Å². The highest BCUT2D eigenvalue weighted by Crippen LogP contribution is 2.33. The normalized spacial score (nSPS) is 13.8. The molecule has 0 radical (unpaired) electrons. The first-order chi connectivity index (χ1) is 21.0. The van der Waals surface area contributed by atoms with E-state index < -0.39 is 0 Å². The van der Waals surface area contributed by atoms with Crippen LogP contribution in [0.3, 0.4) is 0 Å². The summed E-state index contributed by atoms with van der Waals surface area (Å²) in [5.74, 6) is 1.26. The molecule has 3 aromatic carbocycles. The topological polar surface area (TPSA) is 91.9 Å². The summed E-state index contributed by atoms with van der Waals surface area (Å²) in [6.07, 6.45) is 1.51. The molecular weight excluding hydrogens is 540 g/mol. The fourth-order valence-corrected chi connectivity index (χ4v) is 5.13. The molecule has 0 saturated carbocycles. The summed E-state index contributed by atoms with van der Waals surface area (Å²) in [4.78, 5) is 27.5. The zero-order valence-corrected chi connectivity index (χ0v) is 25.2. The average molecular weight is 581 g/mol. The third-order valence-corrected chi connectivity index (χ3v) is 7.50. The van der Waals surface area contributed by atoms with Crippen molar-refractivity contribution in [2.75, 3.05) is 56.5 Å². The number of ether oxygens (including phenoxy) is 2. The van der Waals surface area contributed by atoms with E-state index >= 15 is 0 Å². The highest BCUT2D eigenvalue weighted by atomic mass is 16.5. The standard InChI is InChI=1S/C34H40N6O3/c1-4-42-29-15-8-9-16-30(29)43-33-28(32(41)37-31-25(2)11-10-12-26(31)3)23-36-34(38-33)35-17-18-39-19-21-40(22-20-39)24-27-13-6-5-7-14-27/h5-16,23H,4,17-22,24H2,1-3H3,(H,37,41)(H,35,36,38). The van der Waals surface area contributed by atoms with Gasteiger partial charge < -0.3 is 20.1 Å². The molecule has 1 saturated heterocycles. The summed E-state index contributed by atoms with van der Waals surface area (Å²) in [5, 5.41) is 6.35. The van der Waals surface area contributed by atoms with E-state index in [0.717, 1.165) is 56.1 Å². The van der Waals surface area contributed by atoms with Crippen molar-refractivity contribution in [3.05, 3.63) is 101 Å². The van der Waals surface area contributed by atoms with Crippen molar-refractivity contribution in [3.8, 4) is 17.4 Å². The molecular formula is C34H40N6O3. The first-order valence-corrected chi connectivity index (χ1v) is 14.9. The van der Waals surface area contributed by atoms with Crippen molar-refractivity contribution in [1.82, 2.24) is 19.8 Å². The van der Waals surface area contributed by atoms with E-state index in [0.29, 0.717) is 30.6 Å². The van der Waals surface area contributed by atoms with Gasteiger partial charge in [0.1, 0.15) is 5.56 Å². The molecule has 1 fully saturated rings. The number of aromatic nitrogens is 2. The van der Waals surface area contributed by atoms with Crippen LogP contribution >= 0.6 is 0 Å². The van der Waals surface area contributed by atoms with Crippen LogP contribution < -0.4 is 20.1 Å². The van der Waals surface area contributed by atoms with E-state index in [9.17, 15) is 4.79 Å². The van der Waals surface area contributed by atoms with Gasteiger partial charge in [-0.25, -0.2) is 4.98 Å². The summed E-state index contributed by atoms with van der Waals surface area (Å²) >= 11 is 0. The predicted octanol–water partition coefficient (Wildman–Crippen LogP) is 5.77. The number of aryl methyl sites for hydroxylation is 2. The maximum absolute atomic E-state index is 13.5. The quantitative estimate of drug-likeness (QED) is 0.218. The Morgan fingerprint density at radius 2 is 1.53 bits per heavy atom. The Morgan fingerprint density at radius 1 is 0.860 bits per heavy atom. The summed E-state index contributed by atoms with van der Waals surface area (Å²) in [5.41, 5.74) is 4.28. The van der Waals surface area contributed by atoms with Gasteiger partial charge in [-0.2, -0.15) is 4.98 Å². The van der Waals surface area contributed by atoms with E-state index in [1.165, 1.54) is 11.8 Å². The number of nitrogens with one attached hydrogen (secondary N) is 2. The molecule has 9 nitrogen and oxygen atoms in total. The molecule has 0 unspecified atom stereocenters. The van der Waals surface area contributed by atoms with Crippen molar-refractivity contribution in [2.24, 2.45) is 0 Å². The Labute approximate surface area is 253 Å². The number of para-hydroxylation sites is 3. The number of hydrogen-bond acceptors (Lipinski definition) is 8. The number of anilines is 2. The van der Waals surface area contributed by atoms with Gasteiger partial charge in [0.05, 0.1) is 6.61 Å². The molecule has 1 aliphatic heterocycles. The lowest BCUT2D eigenvalue weighted by Crippen LogP contribution is -2.47. The predicted molar refractivity (Wildman–Crippen MR) is 170 cm³/mol. The number of piperazine rings is 1. The number of nitrogens with zero attached hydrogens (tertiary/aromatic N) is 4. The van der Waals surface area contributed by atoms with Crippen LogP contribution in [-0.4, -0.2) is 71.6 Å². The molecule has 2 heterocycles. The lowest BCUT2D eigenvalue weighted by atomic mass is 10.1. The molecule has 1 aromatic heterocycles. The summed E-state index contributed by atoms with van der Waals surface area (Å²) in [7, 11) is 0. The van der Waals surface area contributed by atoms with E-state index in [2.05, 4.69) is 60.7 Å². The number of carbonyl (C=O) groups is 1. The van der Waals surface area contributed by atoms with E-state index in [-0.39, 0.29) is 17.4 Å². The minimum atomic E-state index is -0.346. The van der Waals surface area contributed by atoms with Gasteiger partial charge in [-0.15, -0.1) is 0 Å². The van der Waals surface area contributed by atoms with Gasteiger partial charge in [0, 0.05) is 57.7 Å². The van der Waals surface area contributed by atoms with Crippen LogP contribution in [0.5, 0.6) is 17.4 Å². The lowest BCUT2D eigenvalue weighted by molar-refractivity contribution is 0.102. The second kappa shape index (κ2) is 14.6. The van der Waals surface area contributed by atoms with E-state index in [1.54, 1.807) is 6.07 Å². The fourth-order valence-electron chi connectivity index (χ4n) is 5.13.